The van der Waals surface area contributed by atoms with Crippen molar-refractivity contribution in [1.29, 1.82) is 0 Å². The third-order valence-corrected chi connectivity index (χ3v) is 9.26. The number of hydrogen-bond acceptors (Lipinski definition) is 19. The Morgan fingerprint density at radius 2 is 1.25 bits per heavy atom. The van der Waals surface area contributed by atoms with E-state index in [1.54, 1.807) is 0 Å². The van der Waals surface area contributed by atoms with Crippen molar-refractivity contribution in [2.75, 3.05) is 6.61 Å². The Hall–Kier alpha value is -3.67. The quantitative estimate of drug-likeness (QED) is 0.113. The van der Waals surface area contributed by atoms with Crippen molar-refractivity contribution in [2.24, 2.45) is 0 Å². The fourth-order valence-corrected chi connectivity index (χ4v) is 6.20. The molecule has 1 aromatic heterocycles. The van der Waals surface area contributed by atoms with E-state index >= 15 is 0 Å². The zero-order valence-electron chi connectivity index (χ0n) is 27.5. The molecule has 3 aromatic rings. The molecule has 3 saturated heterocycles. The molecule has 19 nitrogen and oxygen atoms in total. The first-order valence-electron chi connectivity index (χ1n) is 16.2. The highest BCUT2D eigenvalue weighted by atomic mass is 16.8. The van der Waals surface area contributed by atoms with E-state index in [9.17, 15) is 61.0 Å². The van der Waals surface area contributed by atoms with Gasteiger partial charge in [0.15, 0.2) is 24.4 Å². The molecule has 0 spiro atoms. The fraction of sp³-hybridized carbons (Fsp3) is 0.545. The molecule has 3 aliphatic heterocycles. The maximum Gasteiger partial charge on any atom is 0.239 e. The minimum absolute atomic E-state index is 0.138. The predicted molar refractivity (Wildman–Crippen MR) is 170 cm³/mol. The molecule has 286 valence electrons. The van der Waals surface area contributed by atoms with E-state index in [1.165, 1.54) is 38.1 Å². The monoisotopic (exact) mass is 740 g/mol. The van der Waals surface area contributed by atoms with Gasteiger partial charge in [-0.2, -0.15) is 0 Å². The van der Waals surface area contributed by atoms with Crippen LogP contribution in [0.1, 0.15) is 13.8 Å². The number of hydrogen-bond donors (Lipinski definition) is 11. The van der Waals surface area contributed by atoms with Gasteiger partial charge in [0.05, 0.1) is 18.8 Å². The fourth-order valence-electron chi connectivity index (χ4n) is 6.20. The van der Waals surface area contributed by atoms with E-state index < -0.39 is 127 Å². The Morgan fingerprint density at radius 1 is 0.654 bits per heavy atom. The topological polar surface area (TPSA) is 308 Å². The molecule has 3 fully saturated rings. The second-order valence-corrected chi connectivity index (χ2v) is 12.9. The molecule has 0 bridgehead atoms. The maximum absolute atomic E-state index is 14.0. The van der Waals surface area contributed by atoms with Crippen LogP contribution < -0.4 is 10.2 Å². The first-order chi connectivity index (χ1) is 24.6. The summed E-state index contributed by atoms with van der Waals surface area (Å²) in [6, 6.07) is 7.16. The van der Waals surface area contributed by atoms with Gasteiger partial charge in [-0.05, 0) is 38.1 Å². The summed E-state index contributed by atoms with van der Waals surface area (Å²) in [5.74, 6) is -2.27. The van der Waals surface area contributed by atoms with Crippen LogP contribution in [0.2, 0.25) is 0 Å². The Morgan fingerprint density at radius 3 is 1.88 bits per heavy atom. The highest BCUT2D eigenvalue weighted by Gasteiger charge is 2.52. The summed E-state index contributed by atoms with van der Waals surface area (Å²) in [6.07, 6.45) is -24.7. The number of ether oxygens (including phenoxy) is 6. The van der Waals surface area contributed by atoms with Gasteiger partial charge in [-0.1, -0.05) is 0 Å². The van der Waals surface area contributed by atoms with E-state index in [2.05, 4.69) is 0 Å². The van der Waals surface area contributed by atoms with Crippen molar-refractivity contribution in [3.05, 3.63) is 46.6 Å². The van der Waals surface area contributed by atoms with Crippen LogP contribution in [0, 0.1) is 0 Å². The number of benzene rings is 2. The highest BCUT2D eigenvalue weighted by Crippen LogP contribution is 2.38. The molecule has 0 aliphatic carbocycles. The molecule has 19 heteroatoms. The summed E-state index contributed by atoms with van der Waals surface area (Å²) >= 11 is 0. The Balaban J connectivity index is 1.38. The molecule has 0 saturated carbocycles. The highest BCUT2D eigenvalue weighted by molar-refractivity contribution is 5.88. The van der Waals surface area contributed by atoms with E-state index in [4.69, 9.17) is 32.8 Å². The van der Waals surface area contributed by atoms with Gasteiger partial charge in [0.25, 0.3) is 0 Å². The number of phenols is 3. The third-order valence-electron chi connectivity index (χ3n) is 9.26. The largest absolute Gasteiger partial charge is 0.508 e. The van der Waals surface area contributed by atoms with E-state index in [0.717, 1.165) is 12.1 Å². The van der Waals surface area contributed by atoms with Crippen LogP contribution in [0.5, 0.6) is 23.0 Å². The molecular weight excluding hydrogens is 700 g/mol. The number of aromatic hydroxyl groups is 3. The minimum Gasteiger partial charge on any atom is -0.508 e. The van der Waals surface area contributed by atoms with Crippen LogP contribution in [0.15, 0.2) is 45.6 Å². The van der Waals surface area contributed by atoms with Gasteiger partial charge in [-0.15, -0.1) is 0 Å². The summed E-state index contributed by atoms with van der Waals surface area (Å²) in [5, 5.41) is 115. The van der Waals surface area contributed by atoms with Crippen molar-refractivity contribution < 1.29 is 89.0 Å². The summed E-state index contributed by atoms with van der Waals surface area (Å²) < 4.78 is 40.3. The van der Waals surface area contributed by atoms with Crippen LogP contribution >= 0.6 is 0 Å². The smallest absolute Gasteiger partial charge is 0.239 e. The number of aliphatic hydroxyl groups is 8. The SMILES string of the molecule is C[C@@H]1O[C@@H](OC[C@H]2OC(Oc3c(-c4ccc(O)cc4)oc4cc(O)cc(O)c4c3=O)[C@H](O[C@H]3O[C@@H](C)[C@H](O)[C@@H](O)[C@H]3O)[C@@H](O)[C@@H]2O)[C@H](O)[C@H](O)[C@H]1O. The van der Waals surface area contributed by atoms with E-state index in [-0.39, 0.29) is 22.7 Å². The first kappa shape index (κ1) is 38.1. The predicted octanol–water partition coefficient (Wildman–Crippen LogP) is -2.54. The number of fused-ring (bicyclic) bond motifs is 1. The molecular formula is C33H40O19. The normalized spacial score (nSPS) is 38.3. The first-order valence-corrected chi connectivity index (χ1v) is 16.2. The third kappa shape index (κ3) is 7.16. The lowest BCUT2D eigenvalue weighted by Gasteiger charge is -2.46. The average molecular weight is 741 g/mol. The van der Waals surface area contributed by atoms with Gasteiger partial charge >= 0.3 is 0 Å². The van der Waals surface area contributed by atoms with Crippen LogP contribution in [-0.2, 0) is 23.7 Å². The standard InChI is InChI=1S/C33H40O19/c1-10-19(37)23(41)26(44)31(47-10)46-9-17-21(39)25(43)30(52-32-27(45)24(42)20(38)11(2)48-32)33(50-17)51-29-22(40)18-15(36)7-14(35)8-16(18)49-28(29)12-3-5-13(34)6-4-12/h3-8,10-11,17,19-21,23-27,30-39,41-45H,9H2,1-2H3/t10-,11-,17+,19-,20-,21+,23+,24+,25-,26+,27+,30+,31+,32+,33?/m0/s1. The second-order valence-electron chi connectivity index (χ2n) is 12.9. The zero-order valence-corrected chi connectivity index (χ0v) is 27.5. The van der Waals surface area contributed by atoms with Gasteiger partial charge < -0.3 is 89.0 Å². The lowest BCUT2D eigenvalue weighted by Crippen LogP contribution is -2.65. The summed E-state index contributed by atoms with van der Waals surface area (Å²) in [6.45, 7) is 2.12. The minimum atomic E-state index is -2.00. The molecule has 0 radical (unpaired) electrons. The maximum atomic E-state index is 14.0. The Labute approximate surface area is 293 Å². The molecule has 2 aromatic carbocycles. The van der Waals surface area contributed by atoms with Crippen molar-refractivity contribution in [2.45, 2.75) is 106 Å². The number of rotatable bonds is 8. The molecule has 3 aliphatic rings. The lowest BCUT2D eigenvalue weighted by atomic mass is 9.97. The van der Waals surface area contributed by atoms with Gasteiger partial charge in [0.2, 0.25) is 17.5 Å². The molecule has 0 amide bonds. The average Bonchev–Trinajstić information content (AvgIpc) is 3.10. The molecule has 6 rings (SSSR count). The van der Waals surface area contributed by atoms with Crippen molar-refractivity contribution >= 4 is 11.0 Å². The van der Waals surface area contributed by atoms with Crippen molar-refractivity contribution in [3.63, 3.8) is 0 Å². The van der Waals surface area contributed by atoms with Crippen LogP contribution in [0.25, 0.3) is 22.3 Å². The van der Waals surface area contributed by atoms with Crippen LogP contribution in [-0.4, -0.2) is 155 Å². The molecule has 4 heterocycles. The molecule has 15 atom stereocenters. The van der Waals surface area contributed by atoms with Crippen LogP contribution in [0.3, 0.4) is 0 Å². The number of phenolic OH excluding ortho intramolecular Hbond substituents is 3. The Kier molecular flexibility index (Phi) is 11.0. The van der Waals surface area contributed by atoms with Crippen molar-refractivity contribution in [3.8, 4) is 34.3 Å². The van der Waals surface area contributed by atoms with Gasteiger partial charge in [-0.25, -0.2) is 0 Å². The van der Waals surface area contributed by atoms with Crippen LogP contribution in [0.4, 0.5) is 0 Å². The van der Waals surface area contributed by atoms with Crippen molar-refractivity contribution in [1.82, 2.24) is 0 Å². The molecule has 52 heavy (non-hydrogen) atoms. The summed E-state index contributed by atoms with van der Waals surface area (Å²) in [7, 11) is 0. The van der Waals surface area contributed by atoms with Gasteiger partial charge in [0, 0.05) is 17.7 Å². The van der Waals surface area contributed by atoms with E-state index in [1.807, 2.05) is 0 Å². The second kappa shape index (κ2) is 15.0. The summed E-state index contributed by atoms with van der Waals surface area (Å²) in [4.78, 5) is 14.0. The summed E-state index contributed by atoms with van der Waals surface area (Å²) in [5.41, 5.74) is -1.15. The van der Waals surface area contributed by atoms with Gasteiger partial charge in [0.1, 0.15) is 83.2 Å². The number of aliphatic hydroxyl groups excluding tert-OH is 8. The Bertz CT molecular complexity index is 1760. The zero-order chi connectivity index (χ0) is 37.8. The molecule has 11 N–H and O–H groups in total. The van der Waals surface area contributed by atoms with Gasteiger partial charge in [-0.3, -0.25) is 4.79 Å². The molecule has 1 unspecified atom stereocenters. The van der Waals surface area contributed by atoms with E-state index in [0.29, 0.717) is 0 Å². The lowest BCUT2D eigenvalue weighted by molar-refractivity contribution is -0.360.